The van der Waals surface area contributed by atoms with Gasteiger partial charge in [-0.2, -0.15) is 0 Å². The Kier molecular flexibility index (Phi) is 4.89. The standard InChI is InChI=1S/C13H16N4O2S/c1-3-10(9-6-4-5-7-11(9)19-2)15-12(18)16-13-17-14-8-20-13/h4-8,10H,3H2,1-2H3,(H2,15,16,17,18)/t10-/m0/s1. The molecule has 0 saturated heterocycles. The Hall–Kier alpha value is -2.15. The molecule has 1 atom stereocenters. The maximum absolute atomic E-state index is 11.9. The molecule has 1 aromatic heterocycles. The third kappa shape index (κ3) is 3.45. The smallest absolute Gasteiger partial charge is 0.321 e. The van der Waals surface area contributed by atoms with Gasteiger partial charge in [-0.05, 0) is 12.5 Å². The van der Waals surface area contributed by atoms with Gasteiger partial charge in [0.25, 0.3) is 0 Å². The van der Waals surface area contributed by atoms with Crippen molar-refractivity contribution in [1.29, 1.82) is 0 Å². The van der Waals surface area contributed by atoms with E-state index in [1.165, 1.54) is 11.3 Å². The van der Waals surface area contributed by atoms with Crippen LogP contribution in [0.2, 0.25) is 0 Å². The second kappa shape index (κ2) is 6.85. The maximum Gasteiger partial charge on any atom is 0.321 e. The van der Waals surface area contributed by atoms with Gasteiger partial charge in [0.1, 0.15) is 11.3 Å². The highest BCUT2D eigenvalue weighted by atomic mass is 32.1. The molecule has 106 valence electrons. The second-order valence-corrected chi connectivity index (χ2v) is 4.88. The number of hydrogen-bond acceptors (Lipinski definition) is 5. The first-order valence-corrected chi connectivity index (χ1v) is 7.09. The minimum atomic E-state index is -0.306. The molecule has 0 fully saturated rings. The molecule has 0 bridgehead atoms. The van der Waals surface area contributed by atoms with Gasteiger partial charge in [0.2, 0.25) is 5.13 Å². The number of amides is 2. The minimum Gasteiger partial charge on any atom is -0.496 e. The van der Waals surface area contributed by atoms with Crippen LogP contribution in [0.5, 0.6) is 5.75 Å². The molecule has 2 amide bonds. The van der Waals surface area contributed by atoms with Gasteiger partial charge < -0.3 is 10.1 Å². The summed E-state index contributed by atoms with van der Waals surface area (Å²) in [6, 6.07) is 7.21. The van der Waals surface area contributed by atoms with Crippen molar-refractivity contribution in [2.75, 3.05) is 12.4 Å². The van der Waals surface area contributed by atoms with Gasteiger partial charge in [-0.1, -0.05) is 36.5 Å². The lowest BCUT2D eigenvalue weighted by molar-refractivity contribution is 0.248. The molecule has 0 saturated carbocycles. The van der Waals surface area contributed by atoms with Gasteiger partial charge in [0.15, 0.2) is 0 Å². The van der Waals surface area contributed by atoms with Crippen LogP contribution < -0.4 is 15.4 Å². The van der Waals surface area contributed by atoms with Crippen LogP contribution in [0.25, 0.3) is 0 Å². The molecule has 0 aliphatic carbocycles. The number of anilines is 1. The summed E-state index contributed by atoms with van der Waals surface area (Å²) in [6.45, 7) is 2.00. The van der Waals surface area contributed by atoms with Crippen molar-refractivity contribution in [2.24, 2.45) is 0 Å². The van der Waals surface area contributed by atoms with E-state index in [1.807, 2.05) is 31.2 Å². The van der Waals surface area contributed by atoms with Gasteiger partial charge in [-0.3, -0.25) is 5.32 Å². The number of nitrogens with zero attached hydrogens (tertiary/aromatic N) is 2. The molecule has 2 aromatic rings. The second-order valence-electron chi connectivity index (χ2n) is 4.05. The molecule has 2 N–H and O–H groups in total. The molecule has 0 radical (unpaired) electrons. The lowest BCUT2D eigenvalue weighted by Gasteiger charge is -2.19. The van der Waals surface area contributed by atoms with Gasteiger partial charge in [-0.25, -0.2) is 4.79 Å². The summed E-state index contributed by atoms with van der Waals surface area (Å²) in [5.41, 5.74) is 2.51. The molecule has 0 aliphatic rings. The fourth-order valence-corrected chi connectivity index (χ4v) is 2.31. The van der Waals surface area contributed by atoms with Gasteiger partial charge in [0.05, 0.1) is 13.2 Å². The van der Waals surface area contributed by atoms with Crippen molar-refractivity contribution >= 4 is 22.5 Å². The van der Waals surface area contributed by atoms with E-state index >= 15 is 0 Å². The van der Waals surface area contributed by atoms with E-state index in [0.717, 1.165) is 17.7 Å². The molecule has 0 aliphatic heterocycles. The van der Waals surface area contributed by atoms with Crippen molar-refractivity contribution < 1.29 is 9.53 Å². The Labute approximate surface area is 121 Å². The first-order valence-electron chi connectivity index (χ1n) is 6.21. The topological polar surface area (TPSA) is 76.1 Å². The maximum atomic E-state index is 11.9. The SMILES string of the molecule is CC[C@H](NC(=O)Nc1nncs1)c1ccccc1OC. The predicted octanol–water partition coefficient (Wildman–Crippen LogP) is 2.82. The van der Waals surface area contributed by atoms with Gasteiger partial charge in [0, 0.05) is 5.56 Å². The van der Waals surface area contributed by atoms with Crippen LogP contribution in [-0.4, -0.2) is 23.3 Å². The number of nitrogens with one attached hydrogen (secondary N) is 2. The fraction of sp³-hybridized carbons (Fsp3) is 0.308. The third-order valence-electron chi connectivity index (χ3n) is 2.81. The normalized spacial score (nSPS) is 11.7. The highest BCUT2D eigenvalue weighted by Gasteiger charge is 2.16. The molecule has 0 spiro atoms. The molecule has 0 unspecified atom stereocenters. The van der Waals surface area contributed by atoms with E-state index < -0.39 is 0 Å². The summed E-state index contributed by atoms with van der Waals surface area (Å²) in [5.74, 6) is 0.760. The van der Waals surface area contributed by atoms with Gasteiger partial charge in [-0.15, -0.1) is 10.2 Å². The fourth-order valence-electron chi connectivity index (χ4n) is 1.87. The zero-order valence-electron chi connectivity index (χ0n) is 11.3. The highest BCUT2D eigenvalue weighted by molar-refractivity contribution is 7.13. The first kappa shape index (κ1) is 14.3. The average Bonchev–Trinajstić information content (AvgIpc) is 2.97. The van der Waals surface area contributed by atoms with Crippen molar-refractivity contribution in [2.45, 2.75) is 19.4 Å². The summed E-state index contributed by atoms with van der Waals surface area (Å²) >= 11 is 1.27. The molecule has 2 rings (SSSR count). The van der Waals surface area contributed by atoms with Crippen LogP contribution in [-0.2, 0) is 0 Å². The minimum absolute atomic E-state index is 0.126. The highest BCUT2D eigenvalue weighted by Crippen LogP contribution is 2.26. The van der Waals surface area contributed by atoms with Crippen molar-refractivity contribution in [3.05, 3.63) is 35.3 Å². The number of urea groups is 1. The average molecular weight is 292 g/mol. The van der Waals surface area contributed by atoms with Crippen molar-refractivity contribution in [3.63, 3.8) is 0 Å². The number of rotatable bonds is 5. The number of benzene rings is 1. The molecule has 7 heteroatoms. The van der Waals surface area contributed by atoms with Crippen molar-refractivity contribution in [3.8, 4) is 5.75 Å². The zero-order valence-corrected chi connectivity index (χ0v) is 12.1. The van der Waals surface area contributed by atoms with E-state index in [1.54, 1.807) is 12.6 Å². The largest absolute Gasteiger partial charge is 0.496 e. The van der Waals surface area contributed by atoms with Crippen LogP contribution in [0.15, 0.2) is 29.8 Å². The number of ether oxygens (including phenoxy) is 1. The summed E-state index contributed by atoms with van der Waals surface area (Å²) in [5, 5.41) is 13.5. The Bertz CT molecular complexity index is 559. The monoisotopic (exact) mass is 292 g/mol. The first-order chi connectivity index (χ1) is 9.74. The number of aromatic nitrogens is 2. The number of carbonyl (C=O) groups is 1. The van der Waals surface area contributed by atoms with E-state index in [4.69, 9.17) is 4.74 Å². The van der Waals surface area contributed by atoms with E-state index in [2.05, 4.69) is 20.8 Å². The van der Waals surface area contributed by atoms with E-state index in [-0.39, 0.29) is 12.1 Å². The van der Waals surface area contributed by atoms with Crippen LogP contribution >= 0.6 is 11.3 Å². The number of hydrogen-bond donors (Lipinski definition) is 2. The van der Waals surface area contributed by atoms with Crippen molar-refractivity contribution in [1.82, 2.24) is 15.5 Å². The van der Waals surface area contributed by atoms with Gasteiger partial charge >= 0.3 is 6.03 Å². The Balaban J connectivity index is 2.06. The Morgan fingerprint density at radius 1 is 1.45 bits per heavy atom. The summed E-state index contributed by atoms with van der Waals surface area (Å²) in [4.78, 5) is 11.9. The summed E-state index contributed by atoms with van der Waals surface area (Å²) < 4.78 is 5.32. The quantitative estimate of drug-likeness (QED) is 0.888. The molecule has 1 heterocycles. The van der Waals surface area contributed by atoms with E-state index in [9.17, 15) is 4.79 Å². The van der Waals surface area contributed by atoms with E-state index in [0.29, 0.717) is 5.13 Å². The Morgan fingerprint density at radius 3 is 2.90 bits per heavy atom. The third-order valence-corrected chi connectivity index (χ3v) is 3.42. The van der Waals surface area contributed by atoms with Crippen LogP contribution in [0.1, 0.15) is 24.9 Å². The number of methoxy groups -OCH3 is 1. The van der Waals surface area contributed by atoms with Crippen LogP contribution in [0.3, 0.4) is 0 Å². The Morgan fingerprint density at radius 2 is 2.25 bits per heavy atom. The lowest BCUT2D eigenvalue weighted by Crippen LogP contribution is -2.32. The zero-order chi connectivity index (χ0) is 14.4. The van der Waals surface area contributed by atoms with Crippen LogP contribution in [0.4, 0.5) is 9.93 Å². The lowest BCUT2D eigenvalue weighted by atomic mass is 10.0. The number of carbonyl (C=O) groups excluding carboxylic acids is 1. The molecule has 6 nitrogen and oxygen atoms in total. The van der Waals surface area contributed by atoms with Crippen LogP contribution in [0, 0.1) is 0 Å². The molecule has 1 aromatic carbocycles. The summed E-state index contributed by atoms with van der Waals surface area (Å²) in [6.07, 6.45) is 0.754. The molecular weight excluding hydrogens is 276 g/mol. The molecular formula is C13H16N4O2S. The molecule has 20 heavy (non-hydrogen) atoms. The number of para-hydroxylation sites is 1. The predicted molar refractivity (Wildman–Crippen MR) is 78.1 cm³/mol. The summed E-state index contributed by atoms with van der Waals surface area (Å²) in [7, 11) is 1.62.